The highest BCUT2D eigenvalue weighted by Crippen LogP contribution is 2.40. The van der Waals surface area contributed by atoms with Crippen molar-refractivity contribution in [2.24, 2.45) is 0 Å². The maximum atomic E-state index is 14.9. The molecular formula is C30H19F11O2. The first-order valence-electron chi connectivity index (χ1n) is 12.5. The molecule has 0 radical (unpaired) electrons. The first-order valence-corrected chi connectivity index (χ1v) is 12.5. The topological polar surface area (TPSA) is 18.5 Å². The van der Waals surface area contributed by atoms with Crippen molar-refractivity contribution in [1.29, 1.82) is 0 Å². The van der Waals surface area contributed by atoms with E-state index in [1.165, 1.54) is 6.07 Å². The average Bonchev–Trinajstić information content (AvgIpc) is 2.87. The predicted octanol–water partition coefficient (Wildman–Crippen LogP) is 10.2. The fourth-order valence-corrected chi connectivity index (χ4v) is 4.15. The summed E-state index contributed by atoms with van der Waals surface area (Å²) < 4.78 is 165. The molecule has 0 saturated carbocycles. The summed E-state index contributed by atoms with van der Waals surface area (Å²) >= 11 is 0. The van der Waals surface area contributed by atoms with Crippen molar-refractivity contribution in [3.05, 3.63) is 107 Å². The van der Waals surface area contributed by atoms with E-state index in [-0.39, 0.29) is 29.5 Å². The van der Waals surface area contributed by atoms with Crippen LogP contribution in [-0.4, -0.2) is 6.61 Å². The quantitative estimate of drug-likeness (QED) is 0.137. The zero-order valence-corrected chi connectivity index (χ0v) is 21.9. The number of alkyl halides is 5. The van der Waals surface area contributed by atoms with Crippen LogP contribution in [0.4, 0.5) is 48.3 Å². The molecule has 4 aromatic rings. The van der Waals surface area contributed by atoms with Crippen LogP contribution in [0, 0.1) is 34.9 Å². The summed E-state index contributed by atoms with van der Waals surface area (Å²) in [5.41, 5.74) is -6.20. The lowest BCUT2D eigenvalue weighted by atomic mass is 10.0. The molecule has 0 aliphatic rings. The molecule has 0 unspecified atom stereocenters. The number of ether oxygens (including phenoxy) is 2. The van der Waals surface area contributed by atoms with Gasteiger partial charge in [0.15, 0.2) is 0 Å². The second-order valence-corrected chi connectivity index (χ2v) is 9.23. The Morgan fingerprint density at radius 1 is 0.558 bits per heavy atom. The Labute approximate surface area is 237 Å². The minimum Gasteiger partial charge on any atom is -0.493 e. The van der Waals surface area contributed by atoms with Crippen molar-refractivity contribution < 1.29 is 57.8 Å². The van der Waals surface area contributed by atoms with Gasteiger partial charge in [-0.1, -0.05) is 13.3 Å². The predicted molar refractivity (Wildman–Crippen MR) is 133 cm³/mol. The maximum Gasteiger partial charge on any atom is 0.432 e. The molecule has 0 saturated heterocycles. The number of rotatable bonds is 9. The molecule has 4 rings (SSSR count). The Morgan fingerprint density at radius 3 is 1.44 bits per heavy atom. The Balaban J connectivity index is 1.59. The lowest BCUT2D eigenvalue weighted by Gasteiger charge is -2.20. The smallest absolute Gasteiger partial charge is 0.432 e. The van der Waals surface area contributed by atoms with Crippen LogP contribution in [0.1, 0.15) is 30.9 Å². The van der Waals surface area contributed by atoms with Gasteiger partial charge in [0.05, 0.1) is 6.61 Å². The van der Waals surface area contributed by atoms with E-state index < -0.39 is 80.8 Å². The van der Waals surface area contributed by atoms with Crippen LogP contribution in [-0.2, 0) is 12.3 Å². The summed E-state index contributed by atoms with van der Waals surface area (Å²) in [7, 11) is 0. The average molecular weight is 620 g/mol. The van der Waals surface area contributed by atoms with E-state index in [9.17, 15) is 48.3 Å². The fourth-order valence-electron chi connectivity index (χ4n) is 4.15. The molecule has 0 fully saturated rings. The fraction of sp³-hybridized carbons (Fsp3) is 0.200. The molecule has 43 heavy (non-hydrogen) atoms. The molecule has 0 amide bonds. The van der Waals surface area contributed by atoms with Crippen LogP contribution < -0.4 is 9.47 Å². The Bertz CT molecular complexity index is 1600. The largest absolute Gasteiger partial charge is 0.493 e. The van der Waals surface area contributed by atoms with Crippen LogP contribution >= 0.6 is 0 Å². The number of halogens is 11. The zero-order chi connectivity index (χ0) is 31.7. The third kappa shape index (κ3) is 6.86. The molecule has 0 atom stereocenters. The van der Waals surface area contributed by atoms with Crippen molar-refractivity contribution in [1.82, 2.24) is 0 Å². The molecule has 0 aliphatic carbocycles. The minimum absolute atomic E-state index is 0.152. The molecule has 0 bridgehead atoms. The first kappa shape index (κ1) is 31.6. The van der Waals surface area contributed by atoms with Crippen LogP contribution in [0.5, 0.6) is 11.5 Å². The van der Waals surface area contributed by atoms with Crippen LogP contribution in [0.25, 0.3) is 22.3 Å². The zero-order valence-electron chi connectivity index (χ0n) is 21.9. The molecule has 13 heteroatoms. The lowest BCUT2D eigenvalue weighted by molar-refractivity contribution is -0.189. The third-order valence-corrected chi connectivity index (χ3v) is 6.17. The van der Waals surface area contributed by atoms with Gasteiger partial charge < -0.3 is 9.47 Å². The van der Waals surface area contributed by atoms with Gasteiger partial charge in [-0.3, -0.25) is 0 Å². The molecule has 228 valence electrons. The van der Waals surface area contributed by atoms with E-state index in [1.807, 2.05) is 6.92 Å². The molecule has 0 N–H and O–H groups in total. The van der Waals surface area contributed by atoms with Crippen molar-refractivity contribution in [2.75, 3.05) is 6.61 Å². The summed E-state index contributed by atoms with van der Waals surface area (Å²) in [5, 5.41) is 0. The van der Waals surface area contributed by atoms with E-state index >= 15 is 0 Å². The minimum atomic E-state index is -5.38. The molecule has 4 aromatic carbocycles. The Morgan fingerprint density at radius 2 is 1.00 bits per heavy atom. The number of unbranched alkanes of at least 4 members (excludes halogenated alkanes) is 1. The lowest BCUT2D eigenvalue weighted by Crippen LogP contribution is -2.25. The van der Waals surface area contributed by atoms with E-state index in [0.29, 0.717) is 37.3 Å². The number of hydrogen-bond acceptors (Lipinski definition) is 2. The van der Waals surface area contributed by atoms with Gasteiger partial charge in [-0.25, -0.2) is 26.3 Å². The summed E-state index contributed by atoms with van der Waals surface area (Å²) in [4.78, 5) is 0. The van der Waals surface area contributed by atoms with Gasteiger partial charge in [0.2, 0.25) is 0 Å². The van der Waals surface area contributed by atoms with E-state index in [0.717, 1.165) is 18.6 Å². The van der Waals surface area contributed by atoms with Crippen molar-refractivity contribution >= 4 is 0 Å². The monoisotopic (exact) mass is 620 g/mol. The summed E-state index contributed by atoms with van der Waals surface area (Å²) in [6.07, 6.45) is -8.60. The van der Waals surface area contributed by atoms with Gasteiger partial charge >= 0.3 is 12.3 Å². The van der Waals surface area contributed by atoms with Gasteiger partial charge in [0.25, 0.3) is 0 Å². The van der Waals surface area contributed by atoms with Gasteiger partial charge in [-0.15, -0.1) is 0 Å². The molecule has 0 aliphatic heterocycles. The van der Waals surface area contributed by atoms with Gasteiger partial charge in [0.1, 0.15) is 57.5 Å². The SMILES string of the molecule is CCCCOc1ccc(-c2cc(F)c(C(F)(F)Oc3ccc(-c4cc(F)c(C(F)(F)F)c(F)c4)c(F)c3)c(F)c2)c(F)c1. The Kier molecular flexibility index (Phi) is 8.93. The van der Waals surface area contributed by atoms with Crippen molar-refractivity contribution in [3.8, 4) is 33.8 Å². The van der Waals surface area contributed by atoms with Crippen molar-refractivity contribution in [2.45, 2.75) is 32.1 Å². The second kappa shape index (κ2) is 12.1. The summed E-state index contributed by atoms with van der Waals surface area (Å²) in [6, 6.07) is 6.33. The molecule has 0 heterocycles. The molecule has 0 spiro atoms. The first-order chi connectivity index (χ1) is 20.1. The summed E-state index contributed by atoms with van der Waals surface area (Å²) in [5.74, 6) is -11.0. The highest BCUT2D eigenvalue weighted by atomic mass is 19.4. The van der Waals surface area contributed by atoms with Gasteiger partial charge in [-0.2, -0.15) is 22.0 Å². The molecule has 0 aromatic heterocycles. The molecular weight excluding hydrogens is 601 g/mol. The van der Waals surface area contributed by atoms with E-state index in [2.05, 4.69) is 4.74 Å². The molecule has 2 nitrogen and oxygen atoms in total. The van der Waals surface area contributed by atoms with Crippen LogP contribution in [0.2, 0.25) is 0 Å². The number of hydrogen-bond donors (Lipinski definition) is 0. The van der Waals surface area contributed by atoms with E-state index in [4.69, 9.17) is 4.74 Å². The standard InChI is InChI=1S/C30H19F11O2/c1-2-3-8-42-17-4-6-19(21(31)13-17)16-11-25(35)28(26(36)12-16)30(40,41)43-18-5-7-20(22(32)14-18)15-9-23(33)27(24(34)10-15)29(37,38)39/h4-7,9-14H,2-3,8H2,1H3. The van der Waals surface area contributed by atoms with Gasteiger partial charge in [-0.05, 0) is 66.1 Å². The normalized spacial score (nSPS) is 12.0. The van der Waals surface area contributed by atoms with Crippen LogP contribution in [0.15, 0.2) is 60.7 Å². The summed E-state index contributed by atoms with van der Waals surface area (Å²) in [6.45, 7) is 2.23. The van der Waals surface area contributed by atoms with Gasteiger partial charge in [0, 0.05) is 23.3 Å². The second-order valence-electron chi connectivity index (χ2n) is 9.23. The highest BCUT2D eigenvalue weighted by Gasteiger charge is 2.42. The van der Waals surface area contributed by atoms with Crippen molar-refractivity contribution in [3.63, 3.8) is 0 Å². The maximum absolute atomic E-state index is 14.9. The van der Waals surface area contributed by atoms with Crippen LogP contribution in [0.3, 0.4) is 0 Å². The number of benzene rings is 4. The third-order valence-electron chi connectivity index (χ3n) is 6.17. The highest BCUT2D eigenvalue weighted by molar-refractivity contribution is 5.67. The van der Waals surface area contributed by atoms with E-state index in [1.54, 1.807) is 0 Å². The Hall–Kier alpha value is -4.29.